The number of aromatic nitrogens is 2. The normalized spacial score (nSPS) is 12.5. The van der Waals surface area contributed by atoms with Crippen molar-refractivity contribution in [3.05, 3.63) is 47.6 Å². The van der Waals surface area contributed by atoms with Crippen LogP contribution >= 0.6 is 0 Å². The zero-order chi connectivity index (χ0) is 19.0. The van der Waals surface area contributed by atoms with E-state index in [0.717, 1.165) is 37.7 Å². The van der Waals surface area contributed by atoms with Crippen LogP contribution < -0.4 is 10.6 Å². The Morgan fingerprint density at radius 1 is 1.19 bits per heavy atom. The zero-order valence-electron chi connectivity index (χ0n) is 16.5. The minimum absolute atomic E-state index is 0.0237. The highest BCUT2D eigenvalue weighted by Crippen LogP contribution is 2.21. The van der Waals surface area contributed by atoms with E-state index in [0.29, 0.717) is 11.8 Å². The van der Waals surface area contributed by atoms with Crippen molar-refractivity contribution in [1.82, 2.24) is 20.8 Å². The molecule has 142 valence electrons. The van der Waals surface area contributed by atoms with Crippen LogP contribution in [0.15, 0.2) is 39.8 Å². The number of benzene rings is 1. The predicted molar refractivity (Wildman–Crippen MR) is 106 cm³/mol. The van der Waals surface area contributed by atoms with Crippen LogP contribution in [0.2, 0.25) is 0 Å². The van der Waals surface area contributed by atoms with Gasteiger partial charge in [-0.05, 0) is 12.0 Å². The molecule has 0 aliphatic carbocycles. The van der Waals surface area contributed by atoms with Gasteiger partial charge in [-0.15, -0.1) is 0 Å². The van der Waals surface area contributed by atoms with Crippen LogP contribution in [0, 0.1) is 0 Å². The second kappa shape index (κ2) is 9.36. The standard InChI is InChI=1S/C20H31N5O/c1-15(2)18-24-17(26-25-18)12-9-13-22-19(21-5)23-14-20(3,4)16-10-7-6-8-11-16/h6-8,10-11,15H,9,12-14H2,1-5H3,(H2,21,22,23). The van der Waals surface area contributed by atoms with Crippen molar-refractivity contribution in [3.8, 4) is 0 Å². The van der Waals surface area contributed by atoms with Gasteiger partial charge in [0, 0.05) is 37.9 Å². The molecule has 0 saturated carbocycles. The largest absolute Gasteiger partial charge is 0.356 e. The van der Waals surface area contributed by atoms with E-state index in [-0.39, 0.29) is 5.41 Å². The summed E-state index contributed by atoms with van der Waals surface area (Å²) in [6.07, 6.45) is 1.67. The van der Waals surface area contributed by atoms with Gasteiger partial charge >= 0.3 is 0 Å². The Morgan fingerprint density at radius 2 is 1.92 bits per heavy atom. The molecule has 0 fully saturated rings. The second-order valence-electron chi connectivity index (χ2n) is 7.41. The van der Waals surface area contributed by atoms with Gasteiger partial charge in [0.1, 0.15) is 0 Å². The van der Waals surface area contributed by atoms with Crippen LogP contribution in [0.5, 0.6) is 0 Å². The Labute approximate surface area is 156 Å². The third-order valence-electron chi connectivity index (χ3n) is 4.34. The number of nitrogens with one attached hydrogen (secondary N) is 2. The molecule has 2 N–H and O–H groups in total. The molecule has 2 aromatic rings. The molecule has 0 radical (unpaired) electrons. The SMILES string of the molecule is CN=C(NCCCc1nc(C(C)C)no1)NCC(C)(C)c1ccccc1. The molecule has 0 bridgehead atoms. The molecule has 6 nitrogen and oxygen atoms in total. The van der Waals surface area contributed by atoms with E-state index in [1.807, 2.05) is 6.07 Å². The van der Waals surface area contributed by atoms with E-state index < -0.39 is 0 Å². The summed E-state index contributed by atoms with van der Waals surface area (Å²) in [5.74, 6) is 2.57. The van der Waals surface area contributed by atoms with Crippen LogP contribution in [-0.4, -0.2) is 36.2 Å². The van der Waals surface area contributed by atoms with Gasteiger partial charge in [0.05, 0.1) is 0 Å². The van der Waals surface area contributed by atoms with E-state index >= 15 is 0 Å². The maximum atomic E-state index is 5.27. The van der Waals surface area contributed by atoms with Gasteiger partial charge in [-0.1, -0.05) is 63.2 Å². The third-order valence-corrected chi connectivity index (χ3v) is 4.34. The summed E-state index contributed by atoms with van der Waals surface area (Å²) in [4.78, 5) is 8.70. The molecular formula is C20H31N5O. The molecule has 0 amide bonds. The Morgan fingerprint density at radius 3 is 2.54 bits per heavy atom. The number of hydrogen-bond donors (Lipinski definition) is 2. The Hall–Kier alpha value is -2.37. The van der Waals surface area contributed by atoms with E-state index in [1.165, 1.54) is 5.56 Å². The van der Waals surface area contributed by atoms with Gasteiger partial charge in [-0.2, -0.15) is 4.98 Å². The van der Waals surface area contributed by atoms with Crippen LogP contribution in [0.1, 0.15) is 57.3 Å². The van der Waals surface area contributed by atoms with Crippen LogP contribution in [0.4, 0.5) is 0 Å². The maximum absolute atomic E-state index is 5.27. The van der Waals surface area contributed by atoms with Crippen molar-refractivity contribution in [1.29, 1.82) is 0 Å². The number of aliphatic imine (C=N–C) groups is 1. The average molecular weight is 358 g/mol. The summed E-state index contributed by atoms with van der Waals surface area (Å²) >= 11 is 0. The van der Waals surface area contributed by atoms with Crippen LogP contribution in [0.3, 0.4) is 0 Å². The lowest BCUT2D eigenvalue weighted by molar-refractivity contribution is 0.368. The van der Waals surface area contributed by atoms with Crippen molar-refractivity contribution in [2.24, 2.45) is 4.99 Å². The fourth-order valence-corrected chi connectivity index (χ4v) is 2.57. The molecular weight excluding hydrogens is 326 g/mol. The maximum Gasteiger partial charge on any atom is 0.226 e. The molecule has 1 heterocycles. The van der Waals surface area contributed by atoms with Crippen molar-refractivity contribution < 1.29 is 4.52 Å². The lowest BCUT2D eigenvalue weighted by atomic mass is 9.85. The molecule has 6 heteroatoms. The average Bonchev–Trinajstić information content (AvgIpc) is 3.11. The summed E-state index contributed by atoms with van der Waals surface area (Å²) in [6.45, 7) is 10.2. The van der Waals surface area contributed by atoms with E-state index in [9.17, 15) is 0 Å². The summed E-state index contributed by atoms with van der Waals surface area (Å²) in [5, 5.41) is 10.7. The summed E-state index contributed by atoms with van der Waals surface area (Å²) < 4.78 is 5.27. The van der Waals surface area contributed by atoms with Gasteiger partial charge in [0.25, 0.3) is 0 Å². The highest BCUT2D eigenvalue weighted by Gasteiger charge is 2.20. The molecule has 0 aliphatic heterocycles. The Bertz CT molecular complexity index is 691. The Balaban J connectivity index is 1.74. The van der Waals surface area contributed by atoms with Crippen molar-refractivity contribution in [2.45, 2.75) is 51.9 Å². The highest BCUT2D eigenvalue weighted by molar-refractivity contribution is 5.79. The summed E-state index contributed by atoms with van der Waals surface area (Å²) in [7, 11) is 1.79. The molecule has 0 saturated heterocycles. The van der Waals surface area contributed by atoms with Crippen LogP contribution in [0.25, 0.3) is 0 Å². The third kappa shape index (κ3) is 5.86. The topological polar surface area (TPSA) is 75.3 Å². The minimum atomic E-state index is 0.0237. The molecule has 0 unspecified atom stereocenters. The first-order valence-corrected chi connectivity index (χ1v) is 9.25. The first kappa shape index (κ1) is 19.9. The summed E-state index contributed by atoms with van der Waals surface area (Å²) in [5.41, 5.74) is 1.33. The molecule has 2 rings (SSSR count). The highest BCUT2D eigenvalue weighted by atomic mass is 16.5. The lowest BCUT2D eigenvalue weighted by Gasteiger charge is -2.26. The van der Waals surface area contributed by atoms with Crippen molar-refractivity contribution in [2.75, 3.05) is 20.1 Å². The zero-order valence-corrected chi connectivity index (χ0v) is 16.5. The number of guanidine groups is 1. The van der Waals surface area contributed by atoms with Crippen molar-refractivity contribution >= 4 is 5.96 Å². The minimum Gasteiger partial charge on any atom is -0.356 e. The number of rotatable bonds is 8. The van der Waals surface area contributed by atoms with E-state index in [4.69, 9.17) is 4.52 Å². The second-order valence-corrected chi connectivity index (χ2v) is 7.41. The molecule has 1 aromatic heterocycles. The monoisotopic (exact) mass is 357 g/mol. The van der Waals surface area contributed by atoms with Gasteiger partial charge < -0.3 is 15.2 Å². The van der Waals surface area contributed by atoms with Gasteiger partial charge in [0.15, 0.2) is 11.8 Å². The van der Waals surface area contributed by atoms with Gasteiger partial charge in [0.2, 0.25) is 5.89 Å². The summed E-state index contributed by atoms with van der Waals surface area (Å²) in [6, 6.07) is 10.5. The quantitative estimate of drug-likeness (QED) is 0.431. The number of aryl methyl sites for hydroxylation is 1. The van der Waals surface area contributed by atoms with Gasteiger partial charge in [-0.3, -0.25) is 4.99 Å². The molecule has 0 spiro atoms. The number of hydrogen-bond acceptors (Lipinski definition) is 4. The fraction of sp³-hybridized carbons (Fsp3) is 0.550. The first-order chi connectivity index (χ1) is 12.4. The molecule has 0 atom stereocenters. The molecule has 1 aromatic carbocycles. The fourth-order valence-electron chi connectivity index (χ4n) is 2.57. The molecule has 0 aliphatic rings. The van der Waals surface area contributed by atoms with E-state index in [1.54, 1.807) is 7.05 Å². The van der Waals surface area contributed by atoms with Gasteiger partial charge in [-0.25, -0.2) is 0 Å². The number of nitrogens with zero attached hydrogens (tertiary/aromatic N) is 3. The van der Waals surface area contributed by atoms with E-state index in [2.05, 4.69) is 77.7 Å². The Kier molecular flexibility index (Phi) is 7.18. The molecule has 26 heavy (non-hydrogen) atoms. The first-order valence-electron chi connectivity index (χ1n) is 9.25. The lowest BCUT2D eigenvalue weighted by Crippen LogP contribution is -2.43. The van der Waals surface area contributed by atoms with Crippen molar-refractivity contribution in [3.63, 3.8) is 0 Å². The predicted octanol–water partition coefficient (Wildman–Crippen LogP) is 3.27. The smallest absolute Gasteiger partial charge is 0.226 e. The van der Waals surface area contributed by atoms with Crippen LogP contribution in [-0.2, 0) is 11.8 Å².